The molecule has 0 saturated heterocycles. The predicted octanol–water partition coefficient (Wildman–Crippen LogP) is 4.68. The van der Waals surface area contributed by atoms with Crippen LogP contribution in [0.2, 0.25) is 5.02 Å². The van der Waals surface area contributed by atoms with E-state index in [0.29, 0.717) is 28.6 Å². The molecule has 2 heterocycles. The molecule has 1 aliphatic heterocycles. The molecule has 1 N–H and O–H groups in total. The maximum Gasteiger partial charge on any atom is 0.257 e. The van der Waals surface area contributed by atoms with Crippen LogP contribution in [-0.4, -0.2) is 17.7 Å². The van der Waals surface area contributed by atoms with Gasteiger partial charge in [0, 0.05) is 28.1 Å². The molecule has 0 fully saturated rings. The van der Waals surface area contributed by atoms with Crippen molar-refractivity contribution in [2.24, 2.45) is 0 Å². The fourth-order valence-corrected chi connectivity index (χ4v) is 3.71. The number of nitrogens with zero attached hydrogens (tertiary/aromatic N) is 1. The largest absolute Gasteiger partial charge is 0.454 e. The number of hydrogen-bond donors (Lipinski definition) is 1. The van der Waals surface area contributed by atoms with Crippen LogP contribution in [-0.2, 0) is 6.42 Å². The number of fused-ring (bicyclic) bond motifs is 1. The molecule has 0 aliphatic carbocycles. The van der Waals surface area contributed by atoms with Crippen LogP contribution in [0.4, 0.5) is 5.13 Å². The second-order valence-corrected chi connectivity index (χ2v) is 7.37. The van der Waals surface area contributed by atoms with Crippen LogP contribution in [0.15, 0.2) is 42.6 Å². The Labute approximate surface area is 159 Å². The lowest BCUT2D eigenvalue weighted by Gasteiger charge is -2.05. The summed E-state index contributed by atoms with van der Waals surface area (Å²) in [4.78, 5) is 17.7. The van der Waals surface area contributed by atoms with Crippen molar-refractivity contribution in [2.75, 3.05) is 12.1 Å². The molecule has 3 aromatic rings. The number of carbonyl (C=O) groups excluding carboxylic acids is 1. The third kappa shape index (κ3) is 3.38. The van der Waals surface area contributed by atoms with E-state index >= 15 is 0 Å². The van der Waals surface area contributed by atoms with E-state index in [1.54, 1.807) is 24.4 Å². The normalized spacial score (nSPS) is 12.2. The lowest BCUT2D eigenvalue weighted by atomic mass is 10.1. The Morgan fingerprint density at radius 1 is 1.27 bits per heavy atom. The van der Waals surface area contributed by atoms with Crippen molar-refractivity contribution in [3.05, 3.63) is 69.2 Å². The number of halogens is 1. The number of rotatable bonds is 4. The summed E-state index contributed by atoms with van der Waals surface area (Å²) in [6.07, 6.45) is 2.44. The molecule has 2 aromatic carbocycles. The first-order valence-corrected chi connectivity index (χ1v) is 9.19. The number of nitrogens with one attached hydrogen (secondary N) is 1. The maximum atomic E-state index is 12.4. The highest BCUT2D eigenvalue weighted by Crippen LogP contribution is 2.33. The highest BCUT2D eigenvalue weighted by molar-refractivity contribution is 7.15. The second-order valence-electron chi connectivity index (χ2n) is 5.88. The highest BCUT2D eigenvalue weighted by Gasteiger charge is 2.17. The van der Waals surface area contributed by atoms with Gasteiger partial charge in [0.25, 0.3) is 5.91 Å². The Morgan fingerprint density at radius 2 is 2.12 bits per heavy atom. The number of anilines is 1. The van der Waals surface area contributed by atoms with Gasteiger partial charge in [0.05, 0.1) is 0 Å². The summed E-state index contributed by atoms with van der Waals surface area (Å²) in [6.45, 7) is 2.16. The lowest BCUT2D eigenvalue weighted by molar-refractivity contribution is 0.102. The van der Waals surface area contributed by atoms with E-state index in [9.17, 15) is 4.79 Å². The van der Waals surface area contributed by atoms with Gasteiger partial charge in [0.2, 0.25) is 6.79 Å². The highest BCUT2D eigenvalue weighted by atomic mass is 35.5. The Morgan fingerprint density at radius 3 is 3.00 bits per heavy atom. The molecule has 4 rings (SSSR count). The summed E-state index contributed by atoms with van der Waals surface area (Å²) in [5.74, 6) is 0.984. The standard InChI is InChI=1S/C19H15ClN2O3S/c1-11-3-2-4-12(17(11)20)7-14-9-21-19(26-14)22-18(23)13-5-6-15-16(8-13)25-10-24-15/h2-6,8-9H,7,10H2,1H3,(H,21,22,23). The smallest absolute Gasteiger partial charge is 0.257 e. The lowest BCUT2D eigenvalue weighted by Crippen LogP contribution is -2.11. The zero-order valence-corrected chi connectivity index (χ0v) is 15.5. The van der Waals surface area contributed by atoms with Gasteiger partial charge in [-0.2, -0.15) is 0 Å². The Bertz CT molecular complexity index is 987. The Hall–Kier alpha value is -2.57. The van der Waals surface area contributed by atoms with Crippen molar-refractivity contribution < 1.29 is 14.3 Å². The average Bonchev–Trinajstić information content (AvgIpc) is 3.27. The molecule has 7 heteroatoms. The molecule has 0 bridgehead atoms. The summed E-state index contributed by atoms with van der Waals surface area (Å²) in [7, 11) is 0. The van der Waals surface area contributed by atoms with Gasteiger partial charge in [-0.05, 0) is 36.2 Å². The first-order valence-electron chi connectivity index (χ1n) is 8.00. The third-order valence-corrected chi connectivity index (χ3v) is 5.50. The van der Waals surface area contributed by atoms with Crippen molar-refractivity contribution in [3.63, 3.8) is 0 Å². The van der Waals surface area contributed by atoms with E-state index in [2.05, 4.69) is 10.3 Å². The maximum absolute atomic E-state index is 12.4. The van der Waals surface area contributed by atoms with E-state index in [1.807, 2.05) is 25.1 Å². The molecule has 0 unspecified atom stereocenters. The number of aryl methyl sites for hydroxylation is 1. The number of carbonyl (C=O) groups is 1. The van der Waals surface area contributed by atoms with Crippen LogP contribution >= 0.6 is 22.9 Å². The fourth-order valence-electron chi connectivity index (χ4n) is 2.69. The molecular weight excluding hydrogens is 372 g/mol. The van der Waals surface area contributed by atoms with Crippen molar-refractivity contribution in [1.29, 1.82) is 0 Å². The number of amides is 1. The van der Waals surface area contributed by atoms with Gasteiger partial charge in [-0.1, -0.05) is 29.8 Å². The Balaban J connectivity index is 1.46. The minimum Gasteiger partial charge on any atom is -0.454 e. The van der Waals surface area contributed by atoms with Gasteiger partial charge in [-0.15, -0.1) is 11.3 Å². The second kappa shape index (κ2) is 6.97. The molecule has 1 amide bonds. The van der Waals surface area contributed by atoms with Gasteiger partial charge in [0.15, 0.2) is 16.6 Å². The van der Waals surface area contributed by atoms with Crippen LogP contribution in [0, 0.1) is 6.92 Å². The Kier molecular flexibility index (Phi) is 4.53. The fraction of sp³-hybridized carbons (Fsp3) is 0.158. The van der Waals surface area contributed by atoms with Crippen molar-refractivity contribution in [1.82, 2.24) is 4.98 Å². The number of thiazole rings is 1. The molecule has 5 nitrogen and oxygen atoms in total. The van der Waals surface area contributed by atoms with Crippen LogP contribution in [0.1, 0.15) is 26.4 Å². The van der Waals surface area contributed by atoms with Crippen molar-refractivity contribution in [3.8, 4) is 11.5 Å². The topological polar surface area (TPSA) is 60.5 Å². The first kappa shape index (κ1) is 16.9. The van der Waals surface area contributed by atoms with E-state index in [1.165, 1.54) is 11.3 Å². The third-order valence-electron chi connectivity index (χ3n) is 4.05. The number of benzene rings is 2. The molecular formula is C19H15ClN2O3S. The van der Waals surface area contributed by atoms with Crippen LogP contribution in [0.25, 0.3) is 0 Å². The van der Waals surface area contributed by atoms with Gasteiger partial charge in [-0.25, -0.2) is 4.98 Å². The molecule has 1 aliphatic rings. The molecule has 132 valence electrons. The average molecular weight is 387 g/mol. The minimum absolute atomic E-state index is 0.178. The van der Waals surface area contributed by atoms with E-state index in [4.69, 9.17) is 21.1 Å². The molecule has 26 heavy (non-hydrogen) atoms. The quantitative estimate of drug-likeness (QED) is 0.707. The summed E-state index contributed by atoms with van der Waals surface area (Å²) >= 11 is 7.79. The van der Waals surface area contributed by atoms with E-state index in [0.717, 1.165) is 21.0 Å². The zero-order chi connectivity index (χ0) is 18.1. The number of ether oxygens (including phenoxy) is 2. The molecule has 0 spiro atoms. The summed E-state index contributed by atoms with van der Waals surface area (Å²) in [6, 6.07) is 11.1. The summed E-state index contributed by atoms with van der Waals surface area (Å²) < 4.78 is 10.6. The van der Waals surface area contributed by atoms with Gasteiger partial charge in [0.1, 0.15) is 0 Å². The monoisotopic (exact) mass is 386 g/mol. The molecule has 0 atom stereocenters. The SMILES string of the molecule is Cc1cccc(Cc2cnc(NC(=O)c3ccc4c(c3)OCO4)s2)c1Cl. The minimum atomic E-state index is -0.238. The molecule has 1 aromatic heterocycles. The van der Waals surface area contributed by atoms with Gasteiger partial charge in [-0.3, -0.25) is 10.1 Å². The van der Waals surface area contributed by atoms with E-state index < -0.39 is 0 Å². The number of aromatic nitrogens is 1. The first-order chi connectivity index (χ1) is 12.6. The van der Waals surface area contributed by atoms with Gasteiger partial charge >= 0.3 is 0 Å². The zero-order valence-electron chi connectivity index (χ0n) is 13.9. The van der Waals surface area contributed by atoms with Gasteiger partial charge < -0.3 is 9.47 Å². The predicted molar refractivity (Wildman–Crippen MR) is 102 cm³/mol. The van der Waals surface area contributed by atoms with Crippen LogP contribution in [0.3, 0.4) is 0 Å². The molecule has 0 saturated carbocycles. The van der Waals surface area contributed by atoms with E-state index in [-0.39, 0.29) is 12.7 Å². The van der Waals surface area contributed by atoms with Crippen LogP contribution in [0.5, 0.6) is 11.5 Å². The van der Waals surface area contributed by atoms with Crippen LogP contribution < -0.4 is 14.8 Å². The summed E-state index contributed by atoms with van der Waals surface area (Å²) in [5.41, 5.74) is 2.58. The number of hydrogen-bond acceptors (Lipinski definition) is 5. The molecule has 0 radical (unpaired) electrons. The summed E-state index contributed by atoms with van der Waals surface area (Å²) in [5, 5.41) is 4.14. The van der Waals surface area contributed by atoms with Crippen molar-refractivity contribution >= 4 is 34.0 Å². The van der Waals surface area contributed by atoms with Crippen molar-refractivity contribution in [2.45, 2.75) is 13.3 Å².